The van der Waals surface area contributed by atoms with Gasteiger partial charge in [-0.1, -0.05) is 5.92 Å². The molecule has 11 heavy (non-hydrogen) atoms. The molecule has 0 unspecified atom stereocenters. The van der Waals surface area contributed by atoms with Gasteiger partial charge in [-0.3, -0.25) is 0 Å². The molecule has 1 heterocycles. The third-order valence-electron chi connectivity index (χ3n) is 1.03. The van der Waals surface area contributed by atoms with Crippen LogP contribution in [0, 0.1) is 12.3 Å². The number of terminal acetylenes is 1. The molecule has 1 N–H and O–H groups in total. The van der Waals surface area contributed by atoms with Crippen molar-refractivity contribution in [2.75, 3.05) is 0 Å². The number of carboxylic acid groups (broad SMARTS) is 1. The van der Waals surface area contributed by atoms with Crippen LogP contribution >= 0.6 is 0 Å². The van der Waals surface area contributed by atoms with Crippen molar-refractivity contribution in [2.24, 2.45) is 0 Å². The molecule has 54 valence electrons. The van der Waals surface area contributed by atoms with E-state index < -0.39 is 5.97 Å². The maximum Gasteiger partial charge on any atom is 0.354 e. The average Bonchev–Trinajstić information content (AvgIpc) is 2.05. The van der Waals surface area contributed by atoms with Gasteiger partial charge in [-0.15, -0.1) is 6.42 Å². The predicted molar refractivity (Wildman–Crippen MR) is 36.9 cm³/mol. The first kappa shape index (κ1) is 7.22. The van der Waals surface area contributed by atoms with E-state index in [0.717, 1.165) is 6.33 Å². The summed E-state index contributed by atoms with van der Waals surface area (Å²) in [7, 11) is 0. The summed E-state index contributed by atoms with van der Waals surface area (Å²) < 4.78 is 0. The van der Waals surface area contributed by atoms with E-state index in [1.165, 1.54) is 6.07 Å². The van der Waals surface area contributed by atoms with Gasteiger partial charge in [0.05, 0.1) is 0 Å². The summed E-state index contributed by atoms with van der Waals surface area (Å²) in [6, 6.07) is 1.24. The monoisotopic (exact) mass is 148 g/mol. The van der Waals surface area contributed by atoms with Gasteiger partial charge >= 0.3 is 5.97 Å². The van der Waals surface area contributed by atoms with Crippen LogP contribution in [0.1, 0.15) is 16.2 Å². The van der Waals surface area contributed by atoms with Crippen molar-refractivity contribution >= 4 is 5.97 Å². The molecule has 0 atom stereocenters. The molecular weight excluding hydrogens is 144 g/mol. The van der Waals surface area contributed by atoms with E-state index >= 15 is 0 Å². The van der Waals surface area contributed by atoms with Crippen molar-refractivity contribution in [3.63, 3.8) is 0 Å². The Bertz CT molecular complexity index is 327. The molecule has 1 rings (SSSR count). The third kappa shape index (κ3) is 1.52. The number of nitrogens with zero attached hydrogens (tertiary/aromatic N) is 2. The molecule has 0 aliphatic carbocycles. The molecule has 4 nitrogen and oxygen atoms in total. The molecule has 1 aromatic heterocycles. The molecule has 0 bridgehead atoms. The Morgan fingerprint density at radius 2 is 2.36 bits per heavy atom. The molecule has 0 fully saturated rings. The maximum absolute atomic E-state index is 10.3. The molecule has 0 saturated carbocycles. The Balaban J connectivity index is 3.13. The van der Waals surface area contributed by atoms with Crippen LogP contribution in [0.3, 0.4) is 0 Å². The first-order valence-electron chi connectivity index (χ1n) is 2.76. The summed E-state index contributed by atoms with van der Waals surface area (Å²) in [4.78, 5) is 17.4. The van der Waals surface area contributed by atoms with Gasteiger partial charge in [0.15, 0.2) is 5.69 Å². The lowest BCUT2D eigenvalue weighted by Gasteiger charge is -1.91. The number of hydrogen-bond donors (Lipinski definition) is 1. The fourth-order valence-corrected chi connectivity index (χ4v) is 0.553. The molecule has 0 spiro atoms. The van der Waals surface area contributed by atoms with Crippen molar-refractivity contribution < 1.29 is 9.90 Å². The molecule has 4 heteroatoms. The first-order chi connectivity index (χ1) is 5.24. The molecule has 0 radical (unpaired) electrons. The Kier molecular flexibility index (Phi) is 1.83. The molecule has 0 aliphatic rings. The molecule has 0 saturated heterocycles. The van der Waals surface area contributed by atoms with E-state index in [4.69, 9.17) is 11.5 Å². The molecular formula is C7H4N2O2. The van der Waals surface area contributed by atoms with Crippen LogP contribution < -0.4 is 0 Å². The van der Waals surface area contributed by atoms with Crippen molar-refractivity contribution in [3.05, 3.63) is 23.8 Å². The SMILES string of the molecule is C#Cc1cc(C(=O)O)ncn1. The zero-order chi connectivity index (χ0) is 8.27. The van der Waals surface area contributed by atoms with Crippen LogP contribution in [0.2, 0.25) is 0 Å². The highest BCUT2D eigenvalue weighted by molar-refractivity contribution is 5.85. The van der Waals surface area contributed by atoms with Gasteiger partial charge in [-0.05, 0) is 0 Å². The Labute approximate surface area is 62.9 Å². The Morgan fingerprint density at radius 1 is 1.64 bits per heavy atom. The standard InChI is InChI=1S/C7H4N2O2/c1-2-5-3-6(7(10)11)9-4-8-5/h1,3-4H,(H,10,11). The normalized spacial score (nSPS) is 8.64. The number of aromatic nitrogens is 2. The minimum atomic E-state index is -1.11. The highest BCUT2D eigenvalue weighted by Gasteiger charge is 2.03. The van der Waals surface area contributed by atoms with E-state index in [0.29, 0.717) is 0 Å². The van der Waals surface area contributed by atoms with E-state index in [-0.39, 0.29) is 11.4 Å². The summed E-state index contributed by atoms with van der Waals surface area (Å²) in [6.45, 7) is 0. The van der Waals surface area contributed by atoms with E-state index in [9.17, 15) is 4.79 Å². The lowest BCUT2D eigenvalue weighted by Crippen LogP contribution is -2.01. The van der Waals surface area contributed by atoms with Gasteiger partial charge in [-0.2, -0.15) is 0 Å². The summed E-state index contributed by atoms with van der Waals surface area (Å²) in [5.74, 6) is 1.10. The summed E-state index contributed by atoms with van der Waals surface area (Å²) >= 11 is 0. The summed E-state index contributed by atoms with van der Waals surface area (Å²) in [6.07, 6.45) is 6.11. The zero-order valence-electron chi connectivity index (χ0n) is 5.48. The lowest BCUT2D eigenvalue weighted by atomic mass is 10.3. The molecule has 1 aromatic rings. The maximum atomic E-state index is 10.3. The number of rotatable bonds is 1. The summed E-state index contributed by atoms with van der Waals surface area (Å²) in [5, 5.41) is 8.45. The quantitative estimate of drug-likeness (QED) is 0.576. The van der Waals surface area contributed by atoms with Gasteiger partial charge in [0.25, 0.3) is 0 Å². The van der Waals surface area contributed by atoms with Crippen LogP contribution in [0.15, 0.2) is 12.4 Å². The number of hydrogen-bond acceptors (Lipinski definition) is 3. The van der Waals surface area contributed by atoms with Crippen molar-refractivity contribution in [1.82, 2.24) is 9.97 Å². The second-order valence-electron chi connectivity index (χ2n) is 1.74. The second-order valence-corrected chi connectivity index (χ2v) is 1.74. The largest absolute Gasteiger partial charge is 0.477 e. The van der Waals surface area contributed by atoms with Crippen LogP contribution in [0.5, 0.6) is 0 Å². The number of carboxylic acids is 1. The van der Waals surface area contributed by atoms with Crippen LogP contribution in [-0.2, 0) is 0 Å². The summed E-state index contributed by atoms with van der Waals surface area (Å²) in [5.41, 5.74) is 0.186. The minimum Gasteiger partial charge on any atom is -0.477 e. The Hall–Kier alpha value is -1.89. The first-order valence-corrected chi connectivity index (χ1v) is 2.76. The fourth-order valence-electron chi connectivity index (χ4n) is 0.553. The predicted octanol–water partition coefficient (Wildman–Crippen LogP) is 0.156. The van der Waals surface area contributed by atoms with Crippen LogP contribution in [0.4, 0.5) is 0 Å². The van der Waals surface area contributed by atoms with Crippen LogP contribution in [-0.4, -0.2) is 21.0 Å². The minimum absolute atomic E-state index is 0.0899. The highest BCUT2D eigenvalue weighted by atomic mass is 16.4. The van der Waals surface area contributed by atoms with E-state index in [1.54, 1.807) is 0 Å². The fraction of sp³-hybridized carbons (Fsp3) is 0. The zero-order valence-corrected chi connectivity index (χ0v) is 5.48. The second kappa shape index (κ2) is 2.80. The molecule has 0 aliphatic heterocycles. The van der Waals surface area contributed by atoms with Gasteiger partial charge in [0.1, 0.15) is 12.0 Å². The third-order valence-corrected chi connectivity index (χ3v) is 1.03. The van der Waals surface area contributed by atoms with Gasteiger partial charge < -0.3 is 5.11 Å². The lowest BCUT2D eigenvalue weighted by molar-refractivity contribution is 0.0690. The van der Waals surface area contributed by atoms with Crippen molar-refractivity contribution in [1.29, 1.82) is 0 Å². The smallest absolute Gasteiger partial charge is 0.354 e. The molecule has 0 aromatic carbocycles. The number of carbonyl (C=O) groups is 1. The molecule has 0 amide bonds. The average molecular weight is 148 g/mol. The van der Waals surface area contributed by atoms with Crippen molar-refractivity contribution in [3.8, 4) is 12.3 Å². The highest BCUT2D eigenvalue weighted by Crippen LogP contribution is 1.95. The van der Waals surface area contributed by atoms with E-state index in [2.05, 4.69) is 15.9 Å². The van der Waals surface area contributed by atoms with Crippen LogP contribution in [0.25, 0.3) is 0 Å². The van der Waals surface area contributed by atoms with Gasteiger partial charge in [0, 0.05) is 6.07 Å². The number of aromatic carboxylic acids is 1. The topological polar surface area (TPSA) is 63.1 Å². The van der Waals surface area contributed by atoms with E-state index in [1.807, 2.05) is 0 Å². The van der Waals surface area contributed by atoms with Crippen molar-refractivity contribution in [2.45, 2.75) is 0 Å². The van der Waals surface area contributed by atoms with Gasteiger partial charge in [0.2, 0.25) is 0 Å². The van der Waals surface area contributed by atoms with Gasteiger partial charge in [-0.25, -0.2) is 14.8 Å². The Morgan fingerprint density at radius 3 is 2.91 bits per heavy atom.